The summed E-state index contributed by atoms with van der Waals surface area (Å²) in [6.07, 6.45) is 0.545. The topological polar surface area (TPSA) is 20.3 Å². The Bertz CT molecular complexity index is 322. The smallest absolute Gasteiger partial charge is 0.131 e. The summed E-state index contributed by atoms with van der Waals surface area (Å²) < 4.78 is 0.774. The average molecular weight is 232 g/mol. The van der Waals surface area contributed by atoms with Crippen molar-refractivity contribution in [3.63, 3.8) is 0 Å². The Kier molecular flexibility index (Phi) is 4.11. The van der Waals surface area contributed by atoms with E-state index < -0.39 is 0 Å². The first-order chi connectivity index (χ1) is 6.50. The lowest BCUT2D eigenvalue weighted by atomic mass is 10.1. The highest BCUT2D eigenvalue weighted by atomic mass is 35.5. The summed E-state index contributed by atoms with van der Waals surface area (Å²) in [5.74, 6) is 0.202. The molecule has 1 aromatic rings. The third kappa shape index (κ3) is 3.08. The molecule has 0 bridgehead atoms. The van der Waals surface area contributed by atoms with Crippen LogP contribution >= 0.6 is 22.9 Å². The molecule has 0 aliphatic rings. The molecule has 14 heavy (non-hydrogen) atoms. The second kappa shape index (κ2) is 4.91. The molecule has 1 atom stereocenters. The SMILES string of the molecule is CC(=O)CC(c1ccc(Cl)s1)N(C)C. The summed E-state index contributed by atoms with van der Waals surface area (Å²) in [4.78, 5) is 14.3. The number of halogens is 1. The standard InChI is InChI=1S/C10H14ClNOS/c1-7(13)6-8(12(2)3)9-4-5-10(11)14-9/h4-5,8H,6H2,1-3H3. The summed E-state index contributed by atoms with van der Waals surface area (Å²) in [7, 11) is 3.95. The zero-order chi connectivity index (χ0) is 10.7. The van der Waals surface area contributed by atoms with Crippen LogP contribution in [0, 0.1) is 0 Å². The fraction of sp³-hybridized carbons (Fsp3) is 0.500. The molecular weight excluding hydrogens is 218 g/mol. The van der Waals surface area contributed by atoms with Gasteiger partial charge in [0.15, 0.2) is 0 Å². The predicted octanol–water partition coefficient (Wildman–Crippen LogP) is 2.98. The molecule has 0 radical (unpaired) electrons. The Labute approximate surface area is 93.5 Å². The van der Waals surface area contributed by atoms with E-state index in [9.17, 15) is 4.79 Å². The van der Waals surface area contributed by atoms with Crippen LogP contribution in [0.2, 0.25) is 4.34 Å². The van der Waals surface area contributed by atoms with Crippen LogP contribution < -0.4 is 0 Å². The number of carbonyl (C=O) groups is 1. The van der Waals surface area contributed by atoms with Gasteiger partial charge in [-0.2, -0.15) is 0 Å². The van der Waals surface area contributed by atoms with Crippen molar-refractivity contribution in [3.8, 4) is 0 Å². The highest BCUT2D eigenvalue weighted by Gasteiger charge is 2.17. The van der Waals surface area contributed by atoms with Crippen LogP contribution in [-0.2, 0) is 4.79 Å². The molecule has 0 amide bonds. The van der Waals surface area contributed by atoms with Gasteiger partial charge >= 0.3 is 0 Å². The number of carbonyl (C=O) groups excluding carboxylic acids is 1. The molecule has 0 aliphatic heterocycles. The summed E-state index contributed by atoms with van der Waals surface area (Å²) in [6, 6.07) is 4.02. The van der Waals surface area contributed by atoms with Gasteiger partial charge in [-0.3, -0.25) is 4.79 Å². The Hall–Kier alpha value is -0.380. The fourth-order valence-corrected chi connectivity index (χ4v) is 2.58. The van der Waals surface area contributed by atoms with E-state index in [2.05, 4.69) is 0 Å². The molecule has 0 N–H and O–H groups in total. The highest BCUT2D eigenvalue weighted by molar-refractivity contribution is 7.16. The highest BCUT2D eigenvalue weighted by Crippen LogP contribution is 2.31. The molecule has 1 unspecified atom stereocenters. The van der Waals surface area contributed by atoms with E-state index >= 15 is 0 Å². The first-order valence-corrected chi connectivity index (χ1v) is 5.61. The van der Waals surface area contributed by atoms with Gasteiger partial charge in [-0.25, -0.2) is 0 Å². The van der Waals surface area contributed by atoms with Gasteiger partial charge in [0, 0.05) is 11.3 Å². The third-order valence-electron chi connectivity index (χ3n) is 2.03. The molecule has 1 rings (SSSR count). The van der Waals surface area contributed by atoms with Crippen LogP contribution in [0.1, 0.15) is 24.3 Å². The minimum Gasteiger partial charge on any atom is -0.301 e. The van der Waals surface area contributed by atoms with Crippen LogP contribution in [0.5, 0.6) is 0 Å². The molecule has 0 saturated heterocycles. The van der Waals surface area contributed by atoms with E-state index in [1.165, 1.54) is 11.3 Å². The number of ketones is 1. The van der Waals surface area contributed by atoms with Crippen molar-refractivity contribution in [1.29, 1.82) is 0 Å². The number of hydrogen-bond acceptors (Lipinski definition) is 3. The van der Waals surface area contributed by atoms with E-state index in [-0.39, 0.29) is 11.8 Å². The average Bonchev–Trinajstić information content (AvgIpc) is 2.46. The minimum absolute atomic E-state index is 0.157. The van der Waals surface area contributed by atoms with E-state index in [1.54, 1.807) is 6.92 Å². The molecule has 0 spiro atoms. The minimum atomic E-state index is 0.157. The van der Waals surface area contributed by atoms with Gasteiger partial charge in [0.25, 0.3) is 0 Å². The molecule has 0 aromatic carbocycles. The van der Waals surface area contributed by atoms with Gasteiger partial charge in [0.05, 0.1) is 10.4 Å². The maximum atomic E-state index is 11.1. The second-order valence-electron chi connectivity index (χ2n) is 3.53. The van der Waals surface area contributed by atoms with Crippen molar-refractivity contribution >= 4 is 28.7 Å². The van der Waals surface area contributed by atoms with Crippen molar-refractivity contribution < 1.29 is 4.79 Å². The number of thiophene rings is 1. The third-order valence-corrected chi connectivity index (χ3v) is 3.36. The van der Waals surface area contributed by atoms with Gasteiger partial charge in [0.1, 0.15) is 5.78 Å². The van der Waals surface area contributed by atoms with Crippen LogP contribution in [0.3, 0.4) is 0 Å². The van der Waals surface area contributed by atoms with Crippen molar-refractivity contribution in [2.45, 2.75) is 19.4 Å². The number of rotatable bonds is 4. The Balaban J connectivity index is 2.82. The van der Waals surface area contributed by atoms with Gasteiger partial charge in [-0.15, -0.1) is 11.3 Å². The summed E-state index contributed by atoms with van der Waals surface area (Å²) >= 11 is 7.40. The molecule has 2 nitrogen and oxygen atoms in total. The lowest BCUT2D eigenvalue weighted by molar-refractivity contribution is -0.118. The Morgan fingerprint density at radius 1 is 1.57 bits per heavy atom. The quantitative estimate of drug-likeness (QED) is 0.794. The maximum absolute atomic E-state index is 11.1. The van der Waals surface area contributed by atoms with E-state index in [1.807, 2.05) is 31.1 Å². The van der Waals surface area contributed by atoms with Gasteiger partial charge in [0.2, 0.25) is 0 Å². The van der Waals surface area contributed by atoms with Crippen molar-refractivity contribution in [3.05, 3.63) is 21.3 Å². The van der Waals surface area contributed by atoms with E-state index in [0.29, 0.717) is 6.42 Å². The first kappa shape index (κ1) is 11.7. The molecule has 4 heteroatoms. The van der Waals surface area contributed by atoms with Crippen LogP contribution in [0.25, 0.3) is 0 Å². The molecule has 0 saturated carbocycles. The van der Waals surface area contributed by atoms with E-state index in [0.717, 1.165) is 9.21 Å². The molecular formula is C10H14ClNOS. The first-order valence-electron chi connectivity index (χ1n) is 4.42. The number of nitrogens with zero attached hydrogens (tertiary/aromatic N) is 1. The van der Waals surface area contributed by atoms with E-state index in [4.69, 9.17) is 11.6 Å². The molecule has 0 fully saturated rings. The fourth-order valence-electron chi connectivity index (χ4n) is 1.32. The summed E-state index contributed by atoms with van der Waals surface area (Å²) in [6.45, 7) is 1.62. The summed E-state index contributed by atoms with van der Waals surface area (Å²) in [5.41, 5.74) is 0. The van der Waals surface area contributed by atoms with Crippen molar-refractivity contribution in [2.24, 2.45) is 0 Å². The zero-order valence-corrected chi connectivity index (χ0v) is 10.2. The number of Topliss-reactive ketones (excluding diaryl/α,β-unsaturated/α-hetero) is 1. The van der Waals surface area contributed by atoms with Crippen molar-refractivity contribution in [2.75, 3.05) is 14.1 Å². The van der Waals surface area contributed by atoms with Crippen LogP contribution in [0.15, 0.2) is 12.1 Å². The molecule has 1 aromatic heterocycles. The lowest BCUT2D eigenvalue weighted by Gasteiger charge is -2.21. The zero-order valence-electron chi connectivity index (χ0n) is 8.58. The second-order valence-corrected chi connectivity index (χ2v) is 5.27. The van der Waals surface area contributed by atoms with Gasteiger partial charge in [-0.05, 0) is 33.2 Å². The Morgan fingerprint density at radius 3 is 2.57 bits per heavy atom. The maximum Gasteiger partial charge on any atom is 0.131 e. The van der Waals surface area contributed by atoms with Crippen LogP contribution in [0.4, 0.5) is 0 Å². The molecule has 1 heterocycles. The van der Waals surface area contributed by atoms with Gasteiger partial charge < -0.3 is 4.90 Å². The van der Waals surface area contributed by atoms with Crippen LogP contribution in [-0.4, -0.2) is 24.8 Å². The van der Waals surface area contributed by atoms with Crippen molar-refractivity contribution in [1.82, 2.24) is 4.90 Å². The normalized spacial score (nSPS) is 13.2. The number of hydrogen-bond donors (Lipinski definition) is 0. The van der Waals surface area contributed by atoms with Gasteiger partial charge in [-0.1, -0.05) is 11.6 Å². The predicted molar refractivity (Wildman–Crippen MR) is 61.1 cm³/mol. The lowest BCUT2D eigenvalue weighted by Crippen LogP contribution is -2.21. The molecule has 78 valence electrons. The summed E-state index contributed by atoms with van der Waals surface area (Å²) in [5, 5.41) is 0. The monoisotopic (exact) mass is 231 g/mol. The Morgan fingerprint density at radius 2 is 2.21 bits per heavy atom. The molecule has 0 aliphatic carbocycles. The largest absolute Gasteiger partial charge is 0.301 e.